The molecule has 1 aromatic rings. The highest BCUT2D eigenvalue weighted by molar-refractivity contribution is 5.77. The lowest BCUT2D eigenvalue weighted by Crippen LogP contribution is -2.46. The molecule has 0 N–H and O–H groups in total. The van der Waals surface area contributed by atoms with Crippen molar-refractivity contribution in [3.8, 4) is 11.5 Å². The molecule has 3 rings (SSSR count). The van der Waals surface area contributed by atoms with E-state index in [-0.39, 0.29) is 18.6 Å². The molecule has 1 amide bonds. The van der Waals surface area contributed by atoms with E-state index in [1.807, 2.05) is 23.1 Å². The van der Waals surface area contributed by atoms with E-state index in [4.69, 9.17) is 18.9 Å². The van der Waals surface area contributed by atoms with Gasteiger partial charge in [0.05, 0.1) is 26.4 Å². The van der Waals surface area contributed by atoms with Crippen molar-refractivity contribution in [2.45, 2.75) is 12.5 Å². The summed E-state index contributed by atoms with van der Waals surface area (Å²) in [5.41, 5.74) is 0. The van der Waals surface area contributed by atoms with Crippen molar-refractivity contribution < 1.29 is 23.7 Å². The van der Waals surface area contributed by atoms with Gasteiger partial charge in [0, 0.05) is 45.4 Å². The first-order valence-electron chi connectivity index (χ1n) is 9.21. The topological polar surface area (TPSA) is 60.5 Å². The first-order chi connectivity index (χ1) is 12.7. The van der Waals surface area contributed by atoms with Crippen molar-refractivity contribution in [3.05, 3.63) is 24.3 Å². The fraction of sp³-hybridized carbons (Fsp3) is 0.632. The molecule has 144 valence electrons. The van der Waals surface area contributed by atoms with Crippen LogP contribution in [0.15, 0.2) is 24.3 Å². The Morgan fingerprint density at radius 3 is 2.81 bits per heavy atom. The Hall–Kier alpha value is -1.83. The van der Waals surface area contributed by atoms with E-state index in [0.29, 0.717) is 31.2 Å². The Balaban J connectivity index is 1.50. The molecule has 0 aromatic heterocycles. The largest absolute Gasteiger partial charge is 0.497 e. The van der Waals surface area contributed by atoms with Crippen LogP contribution in [0.5, 0.6) is 11.5 Å². The summed E-state index contributed by atoms with van der Waals surface area (Å²) in [4.78, 5) is 16.8. The van der Waals surface area contributed by atoms with Gasteiger partial charge in [-0.15, -0.1) is 0 Å². The van der Waals surface area contributed by atoms with Gasteiger partial charge >= 0.3 is 0 Å². The Kier molecular flexibility index (Phi) is 7.11. The molecule has 1 aromatic carbocycles. The van der Waals surface area contributed by atoms with E-state index in [0.717, 1.165) is 39.3 Å². The minimum Gasteiger partial charge on any atom is -0.497 e. The number of amides is 1. The van der Waals surface area contributed by atoms with Crippen LogP contribution in [0.2, 0.25) is 0 Å². The molecule has 0 unspecified atom stereocenters. The molecule has 2 aliphatic rings. The van der Waals surface area contributed by atoms with E-state index in [2.05, 4.69) is 4.90 Å². The van der Waals surface area contributed by atoms with Crippen LogP contribution in [0.3, 0.4) is 0 Å². The molecule has 2 aliphatic heterocycles. The second-order valence-corrected chi connectivity index (χ2v) is 6.57. The minimum atomic E-state index is -0.00898. The number of benzene rings is 1. The molecule has 0 saturated carbocycles. The van der Waals surface area contributed by atoms with Gasteiger partial charge < -0.3 is 23.8 Å². The molecule has 0 bridgehead atoms. The summed E-state index contributed by atoms with van der Waals surface area (Å²) in [6.07, 6.45) is 0.890. The quantitative estimate of drug-likeness (QED) is 0.751. The average Bonchev–Trinajstić information content (AvgIpc) is 2.93. The third-order valence-electron chi connectivity index (χ3n) is 4.67. The molecular weight excluding hydrogens is 336 g/mol. The number of nitrogens with zero attached hydrogens (tertiary/aromatic N) is 2. The number of carbonyl (C=O) groups excluding carboxylic acids is 1. The summed E-state index contributed by atoms with van der Waals surface area (Å²) in [6.45, 7) is 6.25. The number of ether oxygens (including phenoxy) is 4. The maximum absolute atomic E-state index is 12.6. The molecule has 7 nitrogen and oxygen atoms in total. The predicted molar refractivity (Wildman–Crippen MR) is 96.7 cm³/mol. The number of rotatable bonds is 6. The van der Waals surface area contributed by atoms with Crippen LogP contribution in [-0.2, 0) is 14.3 Å². The molecule has 26 heavy (non-hydrogen) atoms. The van der Waals surface area contributed by atoms with Crippen molar-refractivity contribution in [3.63, 3.8) is 0 Å². The molecule has 2 fully saturated rings. The van der Waals surface area contributed by atoms with Crippen molar-refractivity contribution >= 4 is 5.91 Å². The highest BCUT2D eigenvalue weighted by Crippen LogP contribution is 2.19. The van der Waals surface area contributed by atoms with E-state index >= 15 is 0 Å². The predicted octanol–water partition coefficient (Wildman–Crippen LogP) is 1.02. The SMILES string of the molecule is COc1cccc(OCC(=O)N2CCCO[C@@H](CN3CCOCC3)C2)c1. The maximum atomic E-state index is 12.6. The number of hydrogen-bond donors (Lipinski definition) is 0. The lowest BCUT2D eigenvalue weighted by Gasteiger charge is -2.31. The van der Waals surface area contributed by atoms with Crippen LogP contribution in [0.1, 0.15) is 6.42 Å². The summed E-state index contributed by atoms with van der Waals surface area (Å²) >= 11 is 0. The van der Waals surface area contributed by atoms with Gasteiger partial charge in [-0.1, -0.05) is 6.07 Å². The summed E-state index contributed by atoms with van der Waals surface area (Å²) < 4.78 is 22.2. The van der Waals surface area contributed by atoms with Crippen LogP contribution in [-0.4, -0.2) is 88.1 Å². The van der Waals surface area contributed by atoms with Gasteiger partial charge in [0.25, 0.3) is 5.91 Å². The molecule has 1 atom stereocenters. The minimum absolute atomic E-state index is 0.00898. The molecular formula is C19H28N2O5. The number of methoxy groups -OCH3 is 1. The smallest absolute Gasteiger partial charge is 0.260 e. The van der Waals surface area contributed by atoms with Gasteiger partial charge in [-0.2, -0.15) is 0 Å². The van der Waals surface area contributed by atoms with Crippen LogP contribution in [0.4, 0.5) is 0 Å². The molecule has 7 heteroatoms. The lowest BCUT2D eigenvalue weighted by molar-refractivity contribution is -0.134. The molecule has 2 heterocycles. The van der Waals surface area contributed by atoms with E-state index in [1.165, 1.54) is 0 Å². The van der Waals surface area contributed by atoms with Crippen molar-refractivity contribution in [2.24, 2.45) is 0 Å². The van der Waals surface area contributed by atoms with Gasteiger partial charge in [0.15, 0.2) is 6.61 Å². The Labute approximate surface area is 154 Å². The second kappa shape index (κ2) is 9.75. The maximum Gasteiger partial charge on any atom is 0.260 e. The van der Waals surface area contributed by atoms with Crippen LogP contribution in [0, 0.1) is 0 Å². The highest BCUT2D eigenvalue weighted by Gasteiger charge is 2.25. The first kappa shape index (κ1) is 18.9. The van der Waals surface area contributed by atoms with Gasteiger partial charge in [-0.3, -0.25) is 9.69 Å². The van der Waals surface area contributed by atoms with Gasteiger partial charge in [0.2, 0.25) is 0 Å². The Morgan fingerprint density at radius 2 is 2.00 bits per heavy atom. The van der Waals surface area contributed by atoms with Gasteiger partial charge in [-0.25, -0.2) is 0 Å². The number of morpholine rings is 1. The van der Waals surface area contributed by atoms with Crippen LogP contribution >= 0.6 is 0 Å². The Bertz CT molecular complexity index is 577. The van der Waals surface area contributed by atoms with Crippen LogP contribution < -0.4 is 9.47 Å². The zero-order chi connectivity index (χ0) is 18.2. The van der Waals surface area contributed by atoms with E-state index < -0.39 is 0 Å². The second-order valence-electron chi connectivity index (χ2n) is 6.57. The van der Waals surface area contributed by atoms with E-state index in [1.54, 1.807) is 13.2 Å². The number of carbonyl (C=O) groups is 1. The average molecular weight is 364 g/mol. The van der Waals surface area contributed by atoms with Gasteiger partial charge in [-0.05, 0) is 18.6 Å². The summed E-state index contributed by atoms with van der Waals surface area (Å²) in [7, 11) is 1.61. The van der Waals surface area contributed by atoms with E-state index in [9.17, 15) is 4.79 Å². The molecule has 0 radical (unpaired) electrons. The normalized spacial score (nSPS) is 21.9. The zero-order valence-electron chi connectivity index (χ0n) is 15.4. The monoisotopic (exact) mass is 364 g/mol. The summed E-state index contributed by atoms with van der Waals surface area (Å²) in [5.74, 6) is 1.34. The number of hydrogen-bond acceptors (Lipinski definition) is 6. The Morgan fingerprint density at radius 1 is 1.19 bits per heavy atom. The van der Waals surface area contributed by atoms with Crippen molar-refractivity contribution in [1.82, 2.24) is 9.80 Å². The molecule has 2 saturated heterocycles. The fourth-order valence-electron chi connectivity index (χ4n) is 3.23. The zero-order valence-corrected chi connectivity index (χ0v) is 15.4. The van der Waals surface area contributed by atoms with Gasteiger partial charge in [0.1, 0.15) is 11.5 Å². The summed E-state index contributed by atoms with van der Waals surface area (Å²) in [5, 5.41) is 0. The first-order valence-corrected chi connectivity index (χ1v) is 9.21. The standard InChI is InChI=1S/C19H28N2O5/c1-23-16-4-2-5-17(12-16)26-15-19(22)21-6-3-9-25-18(14-21)13-20-7-10-24-11-8-20/h2,4-5,12,18H,3,6-11,13-15H2,1H3/t18-/m0/s1. The fourth-order valence-corrected chi connectivity index (χ4v) is 3.23. The molecule has 0 spiro atoms. The highest BCUT2D eigenvalue weighted by atomic mass is 16.5. The summed E-state index contributed by atoms with van der Waals surface area (Å²) in [6, 6.07) is 7.29. The van der Waals surface area contributed by atoms with Crippen molar-refractivity contribution in [2.75, 3.05) is 66.3 Å². The third kappa shape index (κ3) is 5.59. The molecule has 0 aliphatic carbocycles. The van der Waals surface area contributed by atoms with Crippen molar-refractivity contribution in [1.29, 1.82) is 0 Å². The van der Waals surface area contributed by atoms with Crippen LogP contribution in [0.25, 0.3) is 0 Å². The lowest BCUT2D eigenvalue weighted by atomic mass is 10.2. The third-order valence-corrected chi connectivity index (χ3v) is 4.67.